The first-order valence-electron chi connectivity index (χ1n) is 7.79. The van der Waals surface area contributed by atoms with E-state index in [1.165, 1.54) is 18.2 Å². The lowest BCUT2D eigenvalue weighted by Gasteiger charge is -2.07. The fourth-order valence-electron chi connectivity index (χ4n) is 1.98. The summed E-state index contributed by atoms with van der Waals surface area (Å²) in [7, 11) is -10.8. The zero-order valence-corrected chi connectivity index (χ0v) is 17.7. The lowest BCUT2D eigenvalue weighted by molar-refractivity contribution is 0.483. The Labute approximate surface area is 172 Å². The topological polar surface area (TPSA) is 222 Å². The summed E-state index contributed by atoms with van der Waals surface area (Å²) in [5, 5.41) is 2.68. The third kappa shape index (κ3) is 10.7. The van der Waals surface area contributed by atoms with Gasteiger partial charge in [-0.3, -0.25) is 9.54 Å². The van der Waals surface area contributed by atoms with Crippen molar-refractivity contribution in [1.29, 1.82) is 0 Å². The molecule has 17 heteroatoms. The SMILES string of the molecule is CS(=O)(=O)NCCCc1nc(Nc2cccc(S(=O)(=O)O)c2)nc(=O)[nH]1.O=S(=O)=O. The molecule has 30 heavy (non-hydrogen) atoms. The van der Waals surface area contributed by atoms with Crippen LogP contribution in [0.25, 0.3) is 0 Å². The highest BCUT2D eigenvalue weighted by atomic mass is 32.2. The second kappa shape index (κ2) is 10.9. The first kappa shape index (κ1) is 25.3. The second-order valence-electron chi connectivity index (χ2n) is 5.53. The normalized spacial score (nSPS) is 11.3. The Morgan fingerprint density at radius 2 is 1.77 bits per heavy atom. The Kier molecular flexibility index (Phi) is 9.18. The van der Waals surface area contributed by atoms with Crippen LogP contribution >= 0.6 is 0 Å². The van der Waals surface area contributed by atoms with Crippen LogP contribution in [-0.4, -0.2) is 61.8 Å². The van der Waals surface area contributed by atoms with Crippen molar-refractivity contribution >= 4 is 42.4 Å². The standard InChI is InChI=1S/C13H17N5O6S2.O3S/c1-25(20,21)14-7-3-6-11-16-12(18-13(19)17-11)15-9-4-2-5-10(8-9)26(22,23)24;1-4(2)3/h2,4-5,8,14H,3,6-7H2,1H3,(H,22,23,24)(H2,15,16,17,18,19);. The van der Waals surface area contributed by atoms with Crippen molar-refractivity contribution < 1.29 is 34.0 Å². The monoisotopic (exact) mass is 483 g/mol. The second-order valence-corrected chi connectivity index (χ2v) is 9.19. The van der Waals surface area contributed by atoms with Gasteiger partial charge in [0.2, 0.25) is 16.0 Å². The fraction of sp³-hybridized carbons (Fsp3) is 0.308. The van der Waals surface area contributed by atoms with Crippen molar-refractivity contribution in [3.8, 4) is 0 Å². The molecule has 0 amide bonds. The number of nitrogens with zero attached hydrogens (tertiary/aromatic N) is 2. The highest BCUT2D eigenvalue weighted by Crippen LogP contribution is 2.17. The van der Waals surface area contributed by atoms with E-state index in [0.717, 1.165) is 12.3 Å². The number of benzene rings is 1. The van der Waals surface area contributed by atoms with E-state index < -0.39 is 36.4 Å². The smallest absolute Gasteiger partial charge is 0.324 e. The third-order valence-electron chi connectivity index (χ3n) is 3.04. The van der Waals surface area contributed by atoms with E-state index in [9.17, 15) is 21.6 Å². The molecule has 0 saturated carbocycles. The molecule has 2 aromatic rings. The minimum atomic E-state index is -4.37. The Bertz CT molecular complexity index is 1250. The van der Waals surface area contributed by atoms with E-state index in [1.54, 1.807) is 0 Å². The van der Waals surface area contributed by atoms with Crippen molar-refractivity contribution in [2.75, 3.05) is 18.1 Å². The number of anilines is 2. The molecular formula is C13H17N5O9S3. The maximum absolute atomic E-state index is 11.6. The molecule has 1 heterocycles. The first-order valence-corrected chi connectivity index (χ1v) is 12.1. The van der Waals surface area contributed by atoms with Gasteiger partial charge in [0.1, 0.15) is 5.82 Å². The zero-order valence-electron chi connectivity index (χ0n) is 15.3. The molecule has 0 saturated heterocycles. The summed E-state index contributed by atoms with van der Waals surface area (Å²) in [6, 6.07) is 5.28. The van der Waals surface area contributed by atoms with Crippen molar-refractivity contribution in [2.24, 2.45) is 0 Å². The van der Waals surface area contributed by atoms with E-state index in [1.807, 2.05) is 0 Å². The van der Waals surface area contributed by atoms with E-state index in [0.29, 0.717) is 12.8 Å². The number of aromatic amines is 1. The van der Waals surface area contributed by atoms with Crippen molar-refractivity contribution in [1.82, 2.24) is 19.7 Å². The number of nitrogens with one attached hydrogen (secondary N) is 3. The summed E-state index contributed by atoms with van der Waals surface area (Å²) in [6.07, 6.45) is 1.74. The predicted molar refractivity (Wildman–Crippen MR) is 103 cm³/mol. The summed E-state index contributed by atoms with van der Waals surface area (Å²) >= 11 is 0. The molecule has 1 aromatic heterocycles. The molecular weight excluding hydrogens is 466 g/mol. The largest absolute Gasteiger partial charge is 0.425 e. The van der Waals surface area contributed by atoms with Gasteiger partial charge >= 0.3 is 16.3 Å². The Balaban J connectivity index is 0.00000103. The van der Waals surface area contributed by atoms with Crippen LogP contribution in [0.1, 0.15) is 12.2 Å². The summed E-state index contributed by atoms with van der Waals surface area (Å²) in [5.74, 6) is 0.223. The molecule has 4 N–H and O–H groups in total. The lowest BCUT2D eigenvalue weighted by Crippen LogP contribution is -2.24. The molecule has 0 aliphatic rings. The Morgan fingerprint density at radius 1 is 1.13 bits per heavy atom. The first-order chi connectivity index (χ1) is 13.8. The van der Waals surface area contributed by atoms with Gasteiger partial charge in [-0.05, 0) is 24.6 Å². The van der Waals surface area contributed by atoms with Crippen LogP contribution in [0.5, 0.6) is 0 Å². The number of aromatic nitrogens is 3. The Hall–Kier alpha value is -2.73. The van der Waals surface area contributed by atoms with Crippen LogP contribution in [0.4, 0.5) is 11.6 Å². The molecule has 14 nitrogen and oxygen atoms in total. The van der Waals surface area contributed by atoms with Gasteiger partial charge in [-0.15, -0.1) is 12.6 Å². The summed E-state index contributed by atoms with van der Waals surface area (Å²) in [6.45, 7) is 0.185. The van der Waals surface area contributed by atoms with Gasteiger partial charge in [-0.2, -0.15) is 18.4 Å². The van der Waals surface area contributed by atoms with Gasteiger partial charge in [-0.25, -0.2) is 17.9 Å². The lowest BCUT2D eigenvalue weighted by atomic mass is 10.3. The number of rotatable bonds is 8. The number of H-pyrrole nitrogens is 1. The van der Waals surface area contributed by atoms with E-state index >= 15 is 0 Å². The molecule has 0 bridgehead atoms. The fourth-order valence-corrected chi connectivity index (χ4v) is 3.02. The van der Waals surface area contributed by atoms with Gasteiger partial charge < -0.3 is 5.32 Å². The maximum Gasteiger partial charge on any atom is 0.425 e. The molecule has 0 spiro atoms. The summed E-state index contributed by atoms with van der Waals surface area (Å²) in [4.78, 5) is 21.5. The van der Waals surface area contributed by atoms with Crippen LogP contribution in [0.2, 0.25) is 0 Å². The summed E-state index contributed by atoms with van der Waals surface area (Å²) in [5.41, 5.74) is -0.407. The van der Waals surface area contributed by atoms with Crippen LogP contribution in [0.15, 0.2) is 34.0 Å². The van der Waals surface area contributed by atoms with Crippen molar-refractivity contribution in [3.63, 3.8) is 0 Å². The number of aryl methyl sites for hydroxylation is 1. The Morgan fingerprint density at radius 3 is 2.33 bits per heavy atom. The predicted octanol–water partition coefficient (Wildman–Crippen LogP) is -1.37. The van der Waals surface area contributed by atoms with Gasteiger partial charge in [0.05, 0.1) is 11.2 Å². The number of hydrogen-bond donors (Lipinski definition) is 4. The van der Waals surface area contributed by atoms with Gasteiger partial charge in [0.15, 0.2) is 0 Å². The van der Waals surface area contributed by atoms with Crippen LogP contribution in [0, 0.1) is 0 Å². The van der Waals surface area contributed by atoms with E-state index in [-0.39, 0.29) is 28.9 Å². The highest BCUT2D eigenvalue weighted by Gasteiger charge is 2.11. The minimum Gasteiger partial charge on any atom is -0.324 e. The van der Waals surface area contributed by atoms with Crippen molar-refractivity contribution in [2.45, 2.75) is 17.7 Å². The van der Waals surface area contributed by atoms with Crippen LogP contribution in [-0.2, 0) is 37.2 Å². The molecule has 0 atom stereocenters. The third-order valence-corrected chi connectivity index (χ3v) is 4.62. The molecule has 166 valence electrons. The average molecular weight is 484 g/mol. The van der Waals surface area contributed by atoms with Crippen LogP contribution < -0.4 is 15.7 Å². The summed E-state index contributed by atoms with van der Waals surface area (Å²) < 4.78 is 81.0. The minimum absolute atomic E-state index is 0.0627. The molecule has 0 fully saturated rings. The molecule has 0 radical (unpaired) electrons. The molecule has 0 unspecified atom stereocenters. The molecule has 2 rings (SSSR count). The van der Waals surface area contributed by atoms with Gasteiger partial charge in [0.25, 0.3) is 10.1 Å². The average Bonchev–Trinajstić information content (AvgIpc) is 2.56. The molecule has 0 aliphatic heterocycles. The number of hydrogen-bond acceptors (Lipinski definition) is 11. The quantitative estimate of drug-likeness (QED) is 0.252. The van der Waals surface area contributed by atoms with Gasteiger partial charge in [0, 0.05) is 18.7 Å². The van der Waals surface area contributed by atoms with Gasteiger partial charge in [-0.1, -0.05) is 6.07 Å². The van der Waals surface area contributed by atoms with E-state index in [2.05, 4.69) is 25.0 Å². The molecule has 0 aliphatic carbocycles. The zero-order chi connectivity index (χ0) is 22.9. The maximum atomic E-state index is 11.6. The number of sulfonamides is 1. The van der Waals surface area contributed by atoms with E-state index in [4.69, 9.17) is 17.2 Å². The van der Waals surface area contributed by atoms with Crippen LogP contribution in [0.3, 0.4) is 0 Å². The molecule has 1 aromatic carbocycles. The van der Waals surface area contributed by atoms with Crippen molar-refractivity contribution in [3.05, 3.63) is 40.6 Å². The highest BCUT2D eigenvalue weighted by molar-refractivity contribution is 7.88.